The van der Waals surface area contributed by atoms with Crippen LogP contribution >= 0.6 is 0 Å². The number of rotatable bonds is 7. The molecule has 0 spiro atoms. The van der Waals surface area contributed by atoms with Crippen molar-refractivity contribution in [1.29, 1.82) is 0 Å². The van der Waals surface area contributed by atoms with Crippen molar-refractivity contribution in [2.24, 2.45) is 0 Å². The molecule has 1 unspecified atom stereocenters. The van der Waals surface area contributed by atoms with Crippen molar-refractivity contribution in [2.75, 3.05) is 5.75 Å². The third kappa shape index (κ3) is 4.67. The molecule has 0 heterocycles. The van der Waals surface area contributed by atoms with Gasteiger partial charge in [0.1, 0.15) is 0 Å². The standard InChI is InChI=1S/C23H24OS/c1-2-17-25(24)22-13-8-12-21(18-22)23-14-7-6-11-20(23)16-15-19-9-4-3-5-10-19/h3-14,18H,2,15-17H2,1H3. The molecule has 128 valence electrons. The first-order chi connectivity index (χ1) is 12.3. The number of aryl methyl sites for hydroxylation is 2. The Morgan fingerprint density at radius 2 is 1.56 bits per heavy atom. The van der Waals surface area contributed by atoms with Crippen molar-refractivity contribution in [2.45, 2.75) is 31.1 Å². The molecule has 0 bridgehead atoms. The van der Waals surface area contributed by atoms with Crippen LogP contribution in [0.4, 0.5) is 0 Å². The molecule has 0 radical (unpaired) electrons. The van der Waals surface area contributed by atoms with E-state index in [9.17, 15) is 4.21 Å². The average Bonchev–Trinajstić information content (AvgIpc) is 2.68. The highest BCUT2D eigenvalue weighted by molar-refractivity contribution is 7.85. The van der Waals surface area contributed by atoms with E-state index in [4.69, 9.17) is 0 Å². The van der Waals surface area contributed by atoms with Crippen LogP contribution in [0.3, 0.4) is 0 Å². The summed E-state index contributed by atoms with van der Waals surface area (Å²) < 4.78 is 12.3. The fourth-order valence-corrected chi connectivity index (χ4v) is 4.15. The highest BCUT2D eigenvalue weighted by atomic mass is 32.2. The summed E-state index contributed by atoms with van der Waals surface area (Å²) in [5.74, 6) is 0.721. The molecular weight excluding hydrogens is 324 g/mol. The minimum Gasteiger partial charge on any atom is -0.254 e. The van der Waals surface area contributed by atoms with Crippen molar-refractivity contribution < 1.29 is 4.21 Å². The van der Waals surface area contributed by atoms with Gasteiger partial charge in [-0.05, 0) is 53.6 Å². The zero-order valence-corrected chi connectivity index (χ0v) is 15.5. The average molecular weight is 349 g/mol. The summed E-state index contributed by atoms with van der Waals surface area (Å²) in [7, 11) is -0.908. The molecule has 1 nitrogen and oxygen atoms in total. The molecular formula is C23H24OS. The Hall–Kier alpha value is -2.19. The van der Waals surface area contributed by atoms with Crippen LogP contribution in [0, 0.1) is 0 Å². The van der Waals surface area contributed by atoms with Crippen molar-refractivity contribution in [3.63, 3.8) is 0 Å². The van der Waals surface area contributed by atoms with Crippen LogP contribution in [-0.2, 0) is 23.6 Å². The van der Waals surface area contributed by atoms with E-state index >= 15 is 0 Å². The quantitative estimate of drug-likeness (QED) is 0.539. The van der Waals surface area contributed by atoms with E-state index in [0.717, 1.165) is 35.5 Å². The molecule has 0 N–H and O–H groups in total. The molecule has 0 aliphatic heterocycles. The second-order valence-electron chi connectivity index (χ2n) is 6.22. The molecule has 1 atom stereocenters. The largest absolute Gasteiger partial charge is 0.254 e. The fraction of sp³-hybridized carbons (Fsp3) is 0.217. The van der Waals surface area contributed by atoms with Gasteiger partial charge in [0.25, 0.3) is 0 Å². The lowest BCUT2D eigenvalue weighted by atomic mass is 9.95. The van der Waals surface area contributed by atoms with Crippen molar-refractivity contribution in [1.82, 2.24) is 0 Å². The first kappa shape index (κ1) is 17.6. The second-order valence-corrected chi connectivity index (χ2v) is 7.79. The fourth-order valence-electron chi connectivity index (χ4n) is 3.05. The minimum atomic E-state index is -0.908. The van der Waals surface area contributed by atoms with E-state index in [-0.39, 0.29) is 0 Å². The second kappa shape index (κ2) is 8.77. The molecule has 0 amide bonds. The van der Waals surface area contributed by atoms with Gasteiger partial charge in [-0.2, -0.15) is 0 Å². The van der Waals surface area contributed by atoms with Gasteiger partial charge in [-0.15, -0.1) is 0 Å². The number of hydrogen-bond donors (Lipinski definition) is 0. The summed E-state index contributed by atoms with van der Waals surface area (Å²) in [4.78, 5) is 0.928. The molecule has 0 aromatic heterocycles. The predicted octanol–water partition coefficient (Wildman–Crippen LogP) is 5.66. The first-order valence-corrected chi connectivity index (χ1v) is 10.2. The van der Waals surface area contributed by atoms with Gasteiger partial charge in [-0.3, -0.25) is 4.21 Å². The maximum atomic E-state index is 12.3. The van der Waals surface area contributed by atoms with Gasteiger partial charge >= 0.3 is 0 Å². The third-order valence-corrected chi connectivity index (χ3v) is 5.90. The molecule has 0 aliphatic rings. The van der Waals surface area contributed by atoms with Crippen LogP contribution in [0.15, 0.2) is 83.8 Å². The highest BCUT2D eigenvalue weighted by Crippen LogP contribution is 2.26. The lowest BCUT2D eigenvalue weighted by molar-refractivity contribution is 0.682. The summed E-state index contributed by atoms with van der Waals surface area (Å²) in [6, 6.07) is 27.3. The molecule has 3 aromatic rings. The Balaban J connectivity index is 1.85. The Morgan fingerprint density at radius 3 is 2.36 bits per heavy atom. The summed E-state index contributed by atoms with van der Waals surface area (Å²) >= 11 is 0. The van der Waals surface area contributed by atoms with Gasteiger partial charge in [0.2, 0.25) is 0 Å². The van der Waals surface area contributed by atoms with Crippen molar-refractivity contribution in [3.05, 3.63) is 90.0 Å². The van der Waals surface area contributed by atoms with E-state index in [0.29, 0.717) is 0 Å². The van der Waals surface area contributed by atoms with Crippen LogP contribution in [-0.4, -0.2) is 9.96 Å². The Bertz CT molecular complexity index is 839. The molecule has 3 rings (SSSR count). The summed E-state index contributed by atoms with van der Waals surface area (Å²) in [6.07, 6.45) is 2.96. The molecule has 0 fully saturated rings. The van der Waals surface area contributed by atoms with Crippen LogP contribution in [0.25, 0.3) is 11.1 Å². The van der Waals surface area contributed by atoms with E-state index in [1.165, 1.54) is 16.7 Å². The van der Waals surface area contributed by atoms with E-state index in [1.807, 2.05) is 12.1 Å². The summed E-state index contributed by atoms with van der Waals surface area (Å²) in [5, 5.41) is 0. The van der Waals surface area contributed by atoms with E-state index in [2.05, 4.69) is 73.7 Å². The van der Waals surface area contributed by atoms with Crippen LogP contribution in [0.5, 0.6) is 0 Å². The zero-order chi connectivity index (χ0) is 17.5. The summed E-state index contributed by atoms with van der Waals surface area (Å²) in [5.41, 5.74) is 5.10. The normalized spacial score (nSPS) is 12.0. The molecule has 0 aliphatic carbocycles. The van der Waals surface area contributed by atoms with Crippen LogP contribution < -0.4 is 0 Å². The van der Waals surface area contributed by atoms with Gasteiger partial charge in [0.15, 0.2) is 0 Å². The number of benzene rings is 3. The van der Waals surface area contributed by atoms with Gasteiger partial charge in [0.05, 0.1) is 10.8 Å². The third-order valence-electron chi connectivity index (χ3n) is 4.34. The number of hydrogen-bond acceptors (Lipinski definition) is 1. The van der Waals surface area contributed by atoms with Crippen LogP contribution in [0.2, 0.25) is 0 Å². The lowest BCUT2D eigenvalue weighted by Gasteiger charge is -2.11. The lowest BCUT2D eigenvalue weighted by Crippen LogP contribution is -1.98. The smallest absolute Gasteiger partial charge is 0.0529 e. The van der Waals surface area contributed by atoms with Gasteiger partial charge < -0.3 is 0 Å². The van der Waals surface area contributed by atoms with Crippen molar-refractivity contribution in [3.8, 4) is 11.1 Å². The monoisotopic (exact) mass is 348 g/mol. The maximum Gasteiger partial charge on any atom is 0.0529 e. The molecule has 25 heavy (non-hydrogen) atoms. The highest BCUT2D eigenvalue weighted by Gasteiger charge is 2.08. The predicted molar refractivity (Wildman–Crippen MR) is 107 cm³/mol. The Labute approximate surface area is 153 Å². The maximum absolute atomic E-state index is 12.3. The minimum absolute atomic E-state index is 0.721. The topological polar surface area (TPSA) is 17.1 Å². The SMILES string of the molecule is CCCS(=O)c1cccc(-c2ccccc2CCc2ccccc2)c1. The first-order valence-electron chi connectivity index (χ1n) is 8.88. The summed E-state index contributed by atoms with van der Waals surface area (Å²) in [6.45, 7) is 2.07. The van der Waals surface area contributed by atoms with Crippen molar-refractivity contribution >= 4 is 10.8 Å². The van der Waals surface area contributed by atoms with Crippen LogP contribution in [0.1, 0.15) is 24.5 Å². The van der Waals surface area contributed by atoms with E-state index < -0.39 is 10.8 Å². The van der Waals surface area contributed by atoms with E-state index in [1.54, 1.807) is 0 Å². The Kier molecular flexibility index (Phi) is 6.19. The van der Waals surface area contributed by atoms with Gasteiger partial charge in [-0.1, -0.05) is 73.7 Å². The van der Waals surface area contributed by atoms with Gasteiger partial charge in [0, 0.05) is 10.6 Å². The van der Waals surface area contributed by atoms with Gasteiger partial charge in [-0.25, -0.2) is 0 Å². The molecule has 2 heteroatoms. The zero-order valence-electron chi connectivity index (χ0n) is 14.7. The molecule has 0 saturated heterocycles. The molecule has 3 aromatic carbocycles. The Morgan fingerprint density at radius 1 is 0.800 bits per heavy atom. The molecule has 0 saturated carbocycles.